The molecule has 35 heavy (non-hydrogen) atoms. The number of carboxylic acids is 1. The topological polar surface area (TPSA) is 117 Å². The number of amides is 1. The van der Waals surface area contributed by atoms with Gasteiger partial charge < -0.3 is 10.4 Å². The standard InChI is InChI=1S/C26H35N3O5S/c1-16(2)8-11-27-25(30)18-9-12-29(13-10-18)35(33,34)19-5-7-23-21(15-19)24(26(31)32)20-14-17(3)4-6-22(20)28-23/h5,7,15-18H,4,6,8-14H2,1-3H3,(H,27,30)(H,31,32)/t17-/m0/s1. The van der Waals surface area contributed by atoms with E-state index in [9.17, 15) is 23.1 Å². The monoisotopic (exact) mass is 501 g/mol. The zero-order chi connectivity index (χ0) is 25.3. The maximum absolute atomic E-state index is 13.4. The molecule has 190 valence electrons. The minimum Gasteiger partial charge on any atom is -0.478 e. The first-order valence-corrected chi connectivity index (χ1v) is 14.0. The molecule has 2 aliphatic rings. The third-order valence-electron chi connectivity index (χ3n) is 7.27. The van der Waals surface area contributed by atoms with Crippen molar-refractivity contribution in [2.75, 3.05) is 19.6 Å². The summed E-state index contributed by atoms with van der Waals surface area (Å²) in [5.41, 5.74) is 2.21. The third kappa shape index (κ3) is 5.35. The Balaban J connectivity index is 1.56. The second-order valence-electron chi connectivity index (χ2n) is 10.4. The molecular weight excluding hydrogens is 466 g/mol. The smallest absolute Gasteiger partial charge is 0.336 e. The Hall–Kier alpha value is -2.52. The van der Waals surface area contributed by atoms with Crippen LogP contribution >= 0.6 is 0 Å². The predicted octanol–water partition coefficient (Wildman–Crippen LogP) is 3.62. The summed E-state index contributed by atoms with van der Waals surface area (Å²) in [6.45, 7) is 7.45. The molecule has 1 aromatic carbocycles. The van der Waals surface area contributed by atoms with Crippen LogP contribution < -0.4 is 5.32 Å². The van der Waals surface area contributed by atoms with Crippen LogP contribution in [-0.2, 0) is 27.7 Å². The number of nitrogens with one attached hydrogen (secondary N) is 1. The summed E-state index contributed by atoms with van der Waals surface area (Å²) in [5.74, 6) is -0.390. The molecule has 0 radical (unpaired) electrons. The molecule has 0 saturated carbocycles. The van der Waals surface area contributed by atoms with Crippen molar-refractivity contribution in [2.24, 2.45) is 17.8 Å². The number of rotatable bonds is 7. The molecule has 1 aliphatic carbocycles. The van der Waals surface area contributed by atoms with E-state index < -0.39 is 16.0 Å². The Morgan fingerprint density at radius 3 is 2.57 bits per heavy atom. The summed E-state index contributed by atoms with van der Waals surface area (Å²) in [7, 11) is -3.82. The number of nitrogens with zero attached hydrogens (tertiary/aromatic N) is 2. The predicted molar refractivity (Wildman–Crippen MR) is 134 cm³/mol. The molecule has 1 aliphatic heterocycles. The van der Waals surface area contributed by atoms with Crippen molar-refractivity contribution in [1.82, 2.24) is 14.6 Å². The van der Waals surface area contributed by atoms with Gasteiger partial charge in [-0.2, -0.15) is 4.31 Å². The van der Waals surface area contributed by atoms with E-state index in [0.29, 0.717) is 48.5 Å². The highest BCUT2D eigenvalue weighted by Crippen LogP contribution is 2.33. The first-order valence-electron chi connectivity index (χ1n) is 12.5. The van der Waals surface area contributed by atoms with Gasteiger partial charge in [-0.3, -0.25) is 9.78 Å². The van der Waals surface area contributed by atoms with Crippen LogP contribution in [0.15, 0.2) is 23.1 Å². The molecule has 2 aromatic rings. The van der Waals surface area contributed by atoms with Crippen LogP contribution in [0.1, 0.15) is 68.1 Å². The van der Waals surface area contributed by atoms with Crippen LogP contribution in [0.25, 0.3) is 10.9 Å². The largest absolute Gasteiger partial charge is 0.478 e. The van der Waals surface area contributed by atoms with Gasteiger partial charge in [0.15, 0.2) is 0 Å². The highest BCUT2D eigenvalue weighted by molar-refractivity contribution is 7.89. The maximum Gasteiger partial charge on any atom is 0.336 e. The fourth-order valence-corrected chi connectivity index (χ4v) is 6.63. The quantitative estimate of drug-likeness (QED) is 0.599. The number of hydrogen-bond acceptors (Lipinski definition) is 5. The number of benzene rings is 1. The van der Waals surface area contributed by atoms with E-state index >= 15 is 0 Å². The molecule has 0 spiro atoms. The van der Waals surface area contributed by atoms with Crippen molar-refractivity contribution < 1.29 is 23.1 Å². The molecule has 1 saturated heterocycles. The minimum absolute atomic E-state index is 0.00965. The van der Waals surface area contributed by atoms with Gasteiger partial charge in [0.1, 0.15) is 0 Å². The van der Waals surface area contributed by atoms with Crippen molar-refractivity contribution >= 4 is 32.8 Å². The Bertz CT molecular complexity index is 1230. The number of aryl methyl sites for hydroxylation is 1. The van der Waals surface area contributed by atoms with E-state index in [2.05, 4.69) is 31.1 Å². The minimum atomic E-state index is -3.82. The van der Waals surface area contributed by atoms with Gasteiger partial charge in [-0.25, -0.2) is 13.2 Å². The lowest BCUT2D eigenvalue weighted by Crippen LogP contribution is -2.43. The highest BCUT2D eigenvalue weighted by Gasteiger charge is 2.33. The number of aromatic carboxylic acids is 1. The Kier molecular flexibility index (Phi) is 7.47. The fraction of sp³-hybridized carbons (Fsp3) is 0.577. The van der Waals surface area contributed by atoms with Crippen molar-refractivity contribution in [3.05, 3.63) is 35.0 Å². The van der Waals surface area contributed by atoms with Crippen molar-refractivity contribution in [2.45, 2.75) is 64.2 Å². The van der Waals surface area contributed by atoms with Gasteiger partial charge in [-0.15, -0.1) is 0 Å². The lowest BCUT2D eigenvalue weighted by atomic mass is 9.84. The van der Waals surface area contributed by atoms with Gasteiger partial charge in [0, 0.05) is 36.6 Å². The molecule has 0 unspecified atom stereocenters. The molecule has 2 heterocycles. The van der Waals surface area contributed by atoms with Gasteiger partial charge in [0.2, 0.25) is 15.9 Å². The molecule has 4 rings (SSSR count). The summed E-state index contributed by atoms with van der Waals surface area (Å²) in [4.78, 5) is 29.4. The molecule has 1 fully saturated rings. The number of aromatic nitrogens is 1. The van der Waals surface area contributed by atoms with Gasteiger partial charge in [0.25, 0.3) is 0 Å². The van der Waals surface area contributed by atoms with Crippen LogP contribution in [0.4, 0.5) is 0 Å². The average Bonchev–Trinajstić information content (AvgIpc) is 2.81. The second-order valence-corrected chi connectivity index (χ2v) is 12.3. The number of hydrogen-bond donors (Lipinski definition) is 2. The van der Waals surface area contributed by atoms with Crippen LogP contribution in [0.3, 0.4) is 0 Å². The van der Waals surface area contributed by atoms with Gasteiger partial charge >= 0.3 is 5.97 Å². The van der Waals surface area contributed by atoms with Crippen molar-refractivity contribution in [3.63, 3.8) is 0 Å². The number of carboxylic acid groups (broad SMARTS) is 1. The average molecular weight is 502 g/mol. The summed E-state index contributed by atoms with van der Waals surface area (Å²) >= 11 is 0. The SMILES string of the molecule is CC(C)CCNC(=O)C1CCN(S(=O)(=O)c2ccc3nc4c(c(C(=O)O)c3c2)C[C@@H](C)CC4)CC1. The molecule has 1 aromatic heterocycles. The van der Waals surface area contributed by atoms with Crippen LogP contribution in [0.5, 0.6) is 0 Å². The number of pyridine rings is 1. The lowest BCUT2D eigenvalue weighted by Gasteiger charge is -2.30. The molecule has 1 atom stereocenters. The first-order chi connectivity index (χ1) is 16.6. The van der Waals surface area contributed by atoms with Crippen LogP contribution in [-0.4, -0.2) is 54.3 Å². The Labute approximate surface area is 207 Å². The molecule has 1 amide bonds. The summed E-state index contributed by atoms with van der Waals surface area (Å²) in [6.07, 6.45) is 4.16. The number of piperidine rings is 1. The van der Waals surface area contributed by atoms with E-state index in [0.717, 1.165) is 30.5 Å². The van der Waals surface area contributed by atoms with Gasteiger partial charge in [-0.05, 0) is 74.1 Å². The zero-order valence-corrected chi connectivity index (χ0v) is 21.5. The molecule has 2 N–H and O–H groups in total. The number of carbonyl (C=O) groups is 2. The molecule has 0 bridgehead atoms. The zero-order valence-electron chi connectivity index (χ0n) is 20.7. The van der Waals surface area contributed by atoms with E-state index in [4.69, 9.17) is 0 Å². The number of fused-ring (bicyclic) bond motifs is 2. The first kappa shape index (κ1) is 25.6. The van der Waals surface area contributed by atoms with Crippen LogP contribution in [0, 0.1) is 17.8 Å². The number of carbonyl (C=O) groups excluding carboxylic acids is 1. The normalized spacial score (nSPS) is 19.6. The summed E-state index contributed by atoms with van der Waals surface area (Å²) in [6, 6.07) is 4.59. The summed E-state index contributed by atoms with van der Waals surface area (Å²) < 4.78 is 28.3. The van der Waals surface area contributed by atoms with E-state index in [-0.39, 0.29) is 35.4 Å². The molecule has 8 nitrogen and oxygen atoms in total. The maximum atomic E-state index is 13.4. The number of sulfonamides is 1. The second kappa shape index (κ2) is 10.2. The highest BCUT2D eigenvalue weighted by atomic mass is 32.2. The summed E-state index contributed by atoms with van der Waals surface area (Å²) in [5, 5.41) is 13.3. The van der Waals surface area contributed by atoms with Gasteiger partial charge in [-0.1, -0.05) is 20.8 Å². The van der Waals surface area contributed by atoms with E-state index in [1.807, 2.05) is 0 Å². The van der Waals surface area contributed by atoms with Crippen molar-refractivity contribution in [3.8, 4) is 0 Å². The van der Waals surface area contributed by atoms with Crippen LogP contribution in [0.2, 0.25) is 0 Å². The van der Waals surface area contributed by atoms with Gasteiger partial charge in [0.05, 0.1) is 16.0 Å². The molecular formula is C26H35N3O5S. The van der Waals surface area contributed by atoms with E-state index in [1.165, 1.54) is 16.4 Å². The third-order valence-corrected chi connectivity index (χ3v) is 9.16. The lowest BCUT2D eigenvalue weighted by molar-refractivity contribution is -0.126. The van der Waals surface area contributed by atoms with Crippen molar-refractivity contribution in [1.29, 1.82) is 0 Å². The Morgan fingerprint density at radius 1 is 1.20 bits per heavy atom. The van der Waals surface area contributed by atoms with E-state index in [1.54, 1.807) is 6.07 Å². The fourth-order valence-electron chi connectivity index (χ4n) is 5.13. The Morgan fingerprint density at radius 2 is 1.91 bits per heavy atom. The molecule has 9 heteroatoms.